The lowest BCUT2D eigenvalue weighted by Gasteiger charge is -2.17. The van der Waals surface area contributed by atoms with E-state index in [4.69, 9.17) is 0 Å². The third-order valence-corrected chi connectivity index (χ3v) is 4.01. The lowest BCUT2D eigenvalue weighted by Crippen LogP contribution is -2.42. The number of thiazole rings is 1. The van der Waals surface area contributed by atoms with Crippen molar-refractivity contribution in [3.63, 3.8) is 0 Å². The van der Waals surface area contributed by atoms with Gasteiger partial charge in [-0.1, -0.05) is 26.2 Å². The number of guanidine groups is 1. The van der Waals surface area contributed by atoms with Gasteiger partial charge in [0.1, 0.15) is 0 Å². The van der Waals surface area contributed by atoms with E-state index >= 15 is 0 Å². The second kappa shape index (κ2) is 9.75. The van der Waals surface area contributed by atoms with Gasteiger partial charge in [0.2, 0.25) is 0 Å². The molecule has 1 heterocycles. The van der Waals surface area contributed by atoms with Crippen LogP contribution in [0.15, 0.2) is 10.4 Å². The predicted octanol–water partition coefficient (Wildman–Crippen LogP) is 3.13. The Balaban J connectivity index is 2.22. The molecule has 1 rings (SSSR count). The van der Waals surface area contributed by atoms with Crippen molar-refractivity contribution in [2.45, 2.75) is 58.9 Å². The molecule has 0 fully saturated rings. The summed E-state index contributed by atoms with van der Waals surface area (Å²) in [6.45, 7) is 7.36. The molecule has 1 atom stereocenters. The average Bonchev–Trinajstić information content (AvgIpc) is 2.83. The molecule has 0 aliphatic heterocycles. The van der Waals surface area contributed by atoms with Crippen molar-refractivity contribution in [1.29, 1.82) is 0 Å². The maximum atomic E-state index is 4.46. The van der Waals surface area contributed by atoms with Gasteiger partial charge in [-0.3, -0.25) is 4.99 Å². The number of unbranched alkanes of at least 4 members (excludes halogenated alkanes) is 2. The van der Waals surface area contributed by atoms with E-state index in [-0.39, 0.29) is 0 Å². The maximum Gasteiger partial charge on any atom is 0.191 e. The first-order valence-electron chi connectivity index (χ1n) is 7.54. The molecular weight excluding hydrogens is 268 g/mol. The second-order valence-corrected chi connectivity index (χ2v) is 6.21. The fourth-order valence-electron chi connectivity index (χ4n) is 2.03. The van der Waals surface area contributed by atoms with Crippen molar-refractivity contribution in [3.05, 3.63) is 16.1 Å². The van der Waals surface area contributed by atoms with E-state index in [2.05, 4.69) is 39.8 Å². The molecule has 1 unspecified atom stereocenters. The lowest BCUT2D eigenvalue weighted by molar-refractivity contribution is 0.547. The van der Waals surface area contributed by atoms with E-state index in [1.54, 1.807) is 11.3 Å². The molecule has 0 bridgehead atoms. The Labute approximate surface area is 127 Å². The molecule has 0 aromatic carbocycles. The molecule has 1 aromatic rings. The van der Waals surface area contributed by atoms with Crippen LogP contribution in [0.1, 0.15) is 50.2 Å². The molecule has 5 heteroatoms. The van der Waals surface area contributed by atoms with Crippen molar-refractivity contribution >= 4 is 17.3 Å². The smallest absolute Gasteiger partial charge is 0.191 e. The molecule has 0 amide bonds. The summed E-state index contributed by atoms with van der Waals surface area (Å²) in [5.41, 5.74) is 1.16. The monoisotopic (exact) mass is 296 g/mol. The zero-order valence-corrected chi connectivity index (χ0v) is 14.0. The van der Waals surface area contributed by atoms with Crippen LogP contribution in [0.4, 0.5) is 0 Å². The van der Waals surface area contributed by atoms with Crippen molar-refractivity contribution in [2.24, 2.45) is 4.99 Å². The molecule has 0 radical (unpaired) electrons. The standard InChI is InChI=1S/C15H28N4S/c1-5-6-7-8-12(2)18-15(16-4)17-10-9-14-11-20-13(3)19-14/h11-12H,5-10H2,1-4H3,(H2,16,17,18). The van der Waals surface area contributed by atoms with Gasteiger partial charge in [0, 0.05) is 31.4 Å². The first kappa shape index (κ1) is 17.0. The minimum absolute atomic E-state index is 0.467. The van der Waals surface area contributed by atoms with Gasteiger partial charge in [-0.25, -0.2) is 4.98 Å². The van der Waals surface area contributed by atoms with Gasteiger partial charge < -0.3 is 10.6 Å². The molecule has 1 aromatic heterocycles. The Morgan fingerprint density at radius 2 is 2.25 bits per heavy atom. The predicted molar refractivity (Wildman–Crippen MR) is 88.7 cm³/mol. The largest absolute Gasteiger partial charge is 0.356 e. The van der Waals surface area contributed by atoms with Crippen LogP contribution in [0.5, 0.6) is 0 Å². The van der Waals surface area contributed by atoms with Crippen molar-refractivity contribution in [1.82, 2.24) is 15.6 Å². The fourth-order valence-corrected chi connectivity index (χ4v) is 2.68. The van der Waals surface area contributed by atoms with Crippen LogP contribution >= 0.6 is 11.3 Å². The summed E-state index contributed by atoms with van der Waals surface area (Å²) in [5.74, 6) is 0.890. The average molecular weight is 296 g/mol. The van der Waals surface area contributed by atoms with E-state index in [1.165, 1.54) is 25.7 Å². The van der Waals surface area contributed by atoms with Gasteiger partial charge in [0.05, 0.1) is 10.7 Å². The summed E-state index contributed by atoms with van der Waals surface area (Å²) in [7, 11) is 1.82. The van der Waals surface area contributed by atoms with Gasteiger partial charge in [-0.2, -0.15) is 0 Å². The zero-order valence-electron chi connectivity index (χ0n) is 13.2. The van der Waals surface area contributed by atoms with Crippen molar-refractivity contribution in [3.8, 4) is 0 Å². The number of nitrogens with one attached hydrogen (secondary N) is 2. The number of nitrogens with zero attached hydrogens (tertiary/aromatic N) is 2. The highest BCUT2D eigenvalue weighted by atomic mass is 32.1. The fraction of sp³-hybridized carbons (Fsp3) is 0.733. The Kier molecular flexibility index (Phi) is 8.26. The van der Waals surface area contributed by atoms with Gasteiger partial charge in [-0.05, 0) is 20.3 Å². The van der Waals surface area contributed by atoms with Crippen LogP contribution in [0, 0.1) is 6.92 Å². The van der Waals surface area contributed by atoms with Crippen LogP contribution < -0.4 is 10.6 Å². The molecule has 0 aliphatic rings. The van der Waals surface area contributed by atoms with Crippen LogP contribution in [0.25, 0.3) is 0 Å². The van der Waals surface area contributed by atoms with Crippen molar-refractivity contribution in [2.75, 3.05) is 13.6 Å². The number of hydrogen-bond donors (Lipinski definition) is 2. The normalized spacial score (nSPS) is 13.3. The third-order valence-electron chi connectivity index (χ3n) is 3.19. The minimum Gasteiger partial charge on any atom is -0.356 e. The number of hydrogen-bond acceptors (Lipinski definition) is 3. The maximum absolute atomic E-state index is 4.46. The number of aliphatic imine (C=N–C) groups is 1. The second-order valence-electron chi connectivity index (χ2n) is 5.15. The Morgan fingerprint density at radius 3 is 2.85 bits per heavy atom. The number of aryl methyl sites for hydroxylation is 1. The molecular formula is C15H28N4S. The molecule has 0 saturated carbocycles. The Hall–Kier alpha value is -1.10. The SMILES string of the molecule is CCCCCC(C)NC(=NC)NCCc1csc(C)n1. The van der Waals surface area contributed by atoms with Crippen molar-refractivity contribution < 1.29 is 0 Å². The number of rotatable bonds is 8. The van der Waals surface area contributed by atoms with Gasteiger partial charge in [-0.15, -0.1) is 11.3 Å². The summed E-state index contributed by atoms with van der Waals surface area (Å²) >= 11 is 1.71. The zero-order chi connectivity index (χ0) is 14.8. The molecule has 4 nitrogen and oxygen atoms in total. The van der Waals surface area contributed by atoms with Crippen LogP contribution in [-0.2, 0) is 6.42 Å². The van der Waals surface area contributed by atoms with E-state index in [0.29, 0.717) is 6.04 Å². The van der Waals surface area contributed by atoms with Crippen LogP contribution in [0.2, 0.25) is 0 Å². The summed E-state index contributed by atoms with van der Waals surface area (Å²) in [6.07, 6.45) is 5.99. The molecule has 114 valence electrons. The minimum atomic E-state index is 0.467. The third kappa shape index (κ3) is 6.89. The number of aromatic nitrogens is 1. The van der Waals surface area contributed by atoms with E-state index < -0.39 is 0 Å². The summed E-state index contributed by atoms with van der Waals surface area (Å²) in [6, 6.07) is 0.467. The molecule has 0 saturated heterocycles. The summed E-state index contributed by atoms with van der Waals surface area (Å²) in [5, 5.41) is 10.0. The van der Waals surface area contributed by atoms with Gasteiger partial charge in [0.15, 0.2) is 5.96 Å². The summed E-state index contributed by atoms with van der Waals surface area (Å²) < 4.78 is 0. The molecule has 0 spiro atoms. The van der Waals surface area contributed by atoms with Crippen LogP contribution in [0.3, 0.4) is 0 Å². The Bertz CT molecular complexity index is 400. The molecule has 20 heavy (non-hydrogen) atoms. The van der Waals surface area contributed by atoms with E-state index in [0.717, 1.165) is 29.6 Å². The lowest BCUT2D eigenvalue weighted by atomic mass is 10.1. The highest BCUT2D eigenvalue weighted by molar-refractivity contribution is 7.09. The Morgan fingerprint density at radius 1 is 1.45 bits per heavy atom. The van der Waals surface area contributed by atoms with Crippen LogP contribution in [-0.4, -0.2) is 30.6 Å². The topological polar surface area (TPSA) is 49.3 Å². The van der Waals surface area contributed by atoms with Gasteiger partial charge in [0.25, 0.3) is 0 Å². The quantitative estimate of drug-likeness (QED) is 0.440. The van der Waals surface area contributed by atoms with E-state index in [1.807, 2.05) is 14.0 Å². The molecule has 2 N–H and O–H groups in total. The summed E-state index contributed by atoms with van der Waals surface area (Å²) in [4.78, 5) is 8.73. The molecule has 0 aliphatic carbocycles. The highest BCUT2D eigenvalue weighted by Crippen LogP contribution is 2.07. The highest BCUT2D eigenvalue weighted by Gasteiger charge is 2.05. The van der Waals surface area contributed by atoms with E-state index in [9.17, 15) is 0 Å². The van der Waals surface area contributed by atoms with Gasteiger partial charge >= 0.3 is 0 Å². The first-order valence-corrected chi connectivity index (χ1v) is 8.41. The first-order chi connectivity index (χ1) is 9.65.